The number of halogens is 2. The number of aromatic hydroxyl groups is 1. The van der Waals surface area contributed by atoms with Crippen LogP contribution in [0.3, 0.4) is 0 Å². The molecule has 4 nitrogen and oxygen atoms in total. The molecule has 1 aliphatic heterocycles. The number of hydrogen-bond donors (Lipinski definition) is 1. The van der Waals surface area contributed by atoms with E-state index in [0.29, 0.717) is 11.8 Å². The number of nitrogens with zero attached hydrogens (tertiary/aromatic N) is 2. The molecular weight excluding hydrogens is 338 g/mol. The molecule has 6 heteroatoms. The Kier molecular flexibility index (Phi) is 4.76. The van der Waals surface area contributed by atoms with Crippen molar-refractivity contribution in [2.45, 2.75) is 25.4 Å². The monoisotopic (exact) mass is 360 g/mol. The number of fused-ring (bicyclic) bond motifs is 1. The van der Waals surface area contributed by atoms with Crippen molar-refractivity contribution in [3.8, 4) is 11.5 Å². The van der Waals surface area contributed by atoms with Gasteiger partial charge in [-0.25, -0.2) is 8.78 Å². The quantitative estimate of drug-likeness (QED) is 0.888. The lowest BCUT2D eigenvalue weighted by Crippen LogP contribution is -2.26. The molecule has 2 aliphatic rings. The van der Waals surface area contributed by atoms with Gasteiger partial charge in [0, 0.05) is 37.8 Å². The van der Waals surface area contributed by atoms with E-state index in [-0.39, 0.29) is 17.6 Å². The first-order valence-corrected chi connectivity index (χ1v) is 9.05. The topological polar surface area (TPSA) is 45.6 Å². The molecular formula is C20H22F2N2O2. The van der Waals surface area contributed by atoms with E-state index >= 15 is 0 Å². The number of aromatic nitrogens is 1. The molecule has 3 atom stereocenters. The zero-order chi connectivity index (χ0) is 18.1. The zero-order valence-corrected chi connectivity index (χ0v) is 14.4. The fourth-order valence-electron chi connectivity index (χ4n) is 4.21. The highest BCUT2D eigenvalue weighted by molar-refractivity contribution is 5.25. The lowest BCUT2D eigenvalue weighted by atomic mass is 10.0. The molecule has 138 valence electrons. The fraction of sp³-hybridized carbons (Fsp3) is 0.450. The van der Waals surface area contributed by atoms with Gasteiger partial charge in [0.2, 0.25) is 0 Å². The van der Waals surface area contributed by atoms with Crippen LogP contribution in [0, 0.1) is 23.5 Å². The van der Waals surface area contributed by atoms with Gasteiger partial charge in [0.15, 0.2) is 11.6 Å². The number of pyridine rings is 1. The minimum absolute atomic E-state index is 0.00544. The molecule has 1 N–H and O–H groups in total. The molecule has 26 heavy (non-hydrogen) atoms. The van der Waals surface area contributed by atoms with Gasteiger partial charge in [0.1, 0.15) is 11.6 Å². The van der Waals surface area contributed by atoms with Gasteiger partial charge in [-0.1, -0.05) is 0 Å². The summed E-state index contributed by atoms with van der Waals surface area (Å²) < 4.78 is 32.5. The first-order valence-electron chi connectivity index (χ1n) is 9.05. The normalized spacial score (nSPS) is 25.4. The van der Waals surface area contributed by atoms with Crippen molar-refractivity contribution in [1.29, 1.82) is 0 Å². The van der Waals surface area contributed by atoms with Crippen molar-refractivity contribution < 1.29 is 18.6 Å². The van der Waals surface area contributed by atoms with Crippen LogP contribution in [-0.2, 0) is 6.42 Å². The molecule has 0 spiro atoms. The molecule has 0 amide bonds. The summed E-state index contributed by atoms with van der Waals surface area (Å²) in [6, 6.07) is 6.98. The minimum atomic E-state index is -0.634. The summed E-state index contributed by atoms with van der Waals surface area (Å²) in [7, 11) is 0. The molecule has 1 aromatic carbocycles. The minimum Gasteiger partial charge on any atom is -0.506 e. The van der Waals surface area contributed by atoms with Crippen LogP contribution in [-0.4, -0.2) is 40.7 Å². The van der Waals surface area contributed by atoms with E-state index in [1.807, 2.05) is 6.07 Å². The Labute approximate surface area is 151 Å². The van der Waals surface area contributed by atoms with Crippen LogP contribution in [0.4, 0.5) is 8.78 Å². The van der Waals surface area contributed by atoms with Crippen LogP contribution in [0.5, 0.6) is 11.5 Å². The number of likely N-dealkylation sites (tertiary alicyclic amines) is 1. The maximum atomic E-state index is 13.7. The third-order valence-electron chi connectivity index (χ3n) is 5.46. The number of ether oxygens (including phenoxy) is 1. The van der Waals surface area contributed by atoms with Crippen LogP contribution in [0.2, 0.25) is 0 Å². The average Bonchev–Trinajstić information content (AvgIpc) is 3.15. The summed E-state index contributed by atoms with van der Waals surface area (Å²) >= 11 is 0. The van der Waals surface area contributed by atoms with Crippen molar-refractivity contribution in [3.05, 3.63) is 53.9 Å². The first kappa shape index (κ1) is 17.2. The highest BCUT2D eigenvalue weighted by Crippen LogP contribution is 2.40. The third kappa shape index (κ3) is 3.80. The summed E-state index contributed by atoms with van der Waals surface area (Å²) in [5.74, 6) is 0.245. The first-order chi connectivity index (χ1) is 12.6. The predicted molar refractivity (Wildman–Crippen MR) is 93.0 cm³/mol. The molecule has 2 aromatic rings. The molecule has 1 aromatic heterocycles. The summed E-state index contributed by atoms with van der Waals surface area (Å²) in [4.78, 5) is 6.67. The lowest BCUT2D eigenvalue weighted by molar-refractivity contribution is 0.178. The van der Waals surface area contributed by atoms with E-state index in [0.717, 1.165) is 50.7 Å². The van der Waals surface area contributed by atoms with Crippen LogP contribution in [0.1, 0.15) is 18.5 Å². The van der Waals surface area contributed by atoms with E-state index in [2.05, 4.69) is 9.88 Å². The van der Waals surface area contributed by atoms with Crippen molar-refractivity contribution in [3.63, 3.8) is 0 Å². The van der Waals surface area contributed by atoms with Gasteiger partial charge >= 0.3 is 0 Å². The smallest absolute Gasteiger partial charge is 0.167 e. The summed E-state index contributed by atoms with van der Waals surface area (Å²) in [6.45, 7) is 2.99. The highest BCUT2D eigenvalue weighted by atomic mass is 19.1. The van der Waals surface area contributed by atoms with Crippen LogP contribution in [0.15, 0.2) is 36.5 Å². The molecule has 1 unspecified atom stereocenters. The Morgan fingerprint density at radius 3 is 2.54 bits per heavy atom. The predicted octanol–water partition coefficient (Wildman–Crippen LogP) is 3.40. The van der Waals surface area contributed by atoms with E-state index < -0.39 is 11.6 Å². The lowest BCUT2D eigenvalue weighted by Gasteiger charge is -2.20. The van der Waals surface area contributed by atoms with Gasteiger partial charge in [0.05, 0.1) is 12.3 Å². The Hall–Kier alpha value is -2.21. The molecule has 1 saturated carbocycles. The largest absolute Gasteiger partial charge is 0.506 e. The van der Waals surface area contributed by atoms with Crippen LogP contribution in [0.25, 0.3) is 0 Å². The maximum absolute atomic E-state index is 13.7. The summed E-state index contributed by atoms with van der Waals surface area (Å²) in [5, 5.41) is 9.28. The Morgan fingerprint density at radius 1 is 1.12 bits per heavy atom. The second kappa shape index (κ2) is 7.19. The average molecular weight is 360 g/mol. The number of rotatable bonds is 5. The van der Waals surface area contributed by atoms with Gasteiger partial charge in [-0.15, -0.1) is 0 Å². The third-order valence-corrected chi connectivity index (χ3v) is 5.46. The van der Waals surface area contributed by atoms with E-state index in [1.165, 1.54) is 18.3 Å². The van der Waals surface area contributed by atoms with Crippen molar-refractivity contribution in [1.82, 2.24) is 9.88 Å². The molecule has 1 saturated heterocycles. The van der Waals surface area contributed by atoms with Gasteiger partial charge < -0.3 is 14.7 Å². The highest BCUT2D eigenvalue weighted by Gasteiger charge is 2.41. The molecule has 2 heterocycles. The number of benzene rings is 1. The Bertz CT molecular complexity index is 755. The standard InChI is InChI=1S/C20H22F2N2O2/c21-15-1-4-20(19(22)9-15)26-18-7-13-11-24(12-14(13)8-18)6-5-16-2-3-17(25)10-23-16/h1-4,9-10,13-14,18,25H,5-8,11-12H2/t13-,14+,18?. The Morgan fingerprint density at radius 2 is 1.88 bits per heavy atom. The van der Waals surface area contributed by atoms with Crippen LogP contribution < -0.4 is 4.74 Å². The van der Waals surface area contributed by atoms with Gasteiger partial charge in [-0.2, -0.15) is 0 Å². The second-order valence-electron chi connectivity index (χ2n) is 7.32. The SMILES string of the molecule is Oc1ccc(CCN2C[C@H]3CC(Oc4ccc(F)cc4F)C[C@H]3C2)nc1. The second-order valence-corrected chi connectivity index (χ2v) is 7.32. The molecule has 4 rings (SSSR count). The number of hydrogen-bond acceptors (Lipinski definition) is 4. The van der Waals surface area contributed by atoms with Crippen LogP contribution >= 0.6 is 0 Å². The zero-order valence-electron chi connectivity index (χ0n) is 14.4. The maximum Gasteiger partial charge on any atom is 0.167 e. The van der Waals surface area contributed by atoms with Crippen molar-refractivity contribution in [2.24, 2.45) is 11.8 Å². The Balaban J connectivity index is 1.26. The summed E-state index contributed by atoms with van der Waals surface area (Å²) in [5.41, 5.74) is 0.979. The van der Waals surface area contributed by atoms with Gasteiger partial charge in [0.25, 0.3) is 0 Å². The van der Waals surface area contributed by atoms with E-state index in [9.17, 15) is 13.9 Å². The summed E-state index contributed by atoms with van der Waals surface area (Å²) in [6.07, 6.45) is 4.17. The van der Waals surface area contributed by atoms with E-state index in [4.69, 9.17) is 4.74 Å². The fourth-order valence-corrected chi connectivity index (χ4v) is 4.21. The molecule has 2 fully saturated rings. The van der Waals surface area contributed by atoms with Crippen molar-refractivity contribution in [2.75, 3.05) is 19.6 Å². The van der Waals surface area contributed by atoms with Gasteiger partial charge in [-0.05, 0) is 48.9 Å². The molecule has 1 aliphatic carbocycles. The molecule has 0 radical (unpaired) electrons. The van der Waals surface area contributed by atoms with Gasteiger partial charge in [-0.3, -0.25) is 4.98 Å². The van der Waals surface area contributed by atoms with E-state index in [1.54, 1.807) is 6.07 Å². The molecule has 0 bridgehead atoms. The van der Waals surface area contributed by atoms with Crippen molar-refractivity contribution >= 4 is 0 Å².